The van der Waals surface area contributed by atoms with Crippen LogP contribution in [0.5, 0.6) is 0 Å². The number of ether oxygens (including phenoxy) is 2. The standard InChI is InChI=1S/C12H23NO2/c1-3-15-10-12-6-4-8-13(12)11(5-7-12)9-14-2/h11H,3-10H2,1-2H3. The SMILES string of the molecule is CCOCC12CCCN1C(COC)CC2. The molecule has 0 amide bonds. The van der Waals surface area contributed by atoms with Gasteiger partial charge in [0, 0.05) is 25.3 Å². The predicted octanol–water partition coefficient (Wildman–Crippen LogP) is 1.67. The van der Waals surface area contributed by atoms with E-state index < -0.39 is 0 Å². The lowest BCUT2D eigenvalue weighted by atomic mass is 9.95. The van der Waals surface area contributed by atoms with E-state index in [0.29, 0.717) is 11.6 Å². The van der Waals surface area contributed by atoms with Gasteiger partial charge in [-0.15, -0.1) is 0 Å². The van der Waals surface area contributed by atoms with Crippen LogP contribution in [0.1, 0.15) is 32.6 Å². The van der Waals surface area contributed by atoms with Gasteiger partial charge < -0.3 is 9.47 Å². The molecule has 2 heterocycles. The van der Waals surface area contributed by atoms with E-state index in [0.717, 1.165) is 19.8 Å². The van der Waals surface area contributed by atoms with E-state index in [1.54, 1.807) is 7.11 Å². The van der Waals surface area contributed by atoms with Gasteiger partial charge in [-0.3, -0.25) is 4.90 Å². The van der Waals surface area contributed by atoms with Gasteiger partial charge in [-0.25, -0.2) is 0 Å². The molecule has 0 radical (unpaired) electrons. The zero-order valence-corrected chi connectivity index (χ0v) is 10.00. The summed E-state index contributed by atoms with van der Waals surface area (Å²) in [6, 6.07) is 0.637. The topological polar surface area (TPSA) is 21.7 Å². The van der Waals surface area contributed by atoms with Crippen LogP contribution in [-0.4, -0.2) is 50.0 Å². The minimum atomic E-state index is 0.360. The molecule has 2 atom stereocenters. The summed E-state index contributed by atoms with van der Waals surface area (Å²) in [5.41, 5.74) is 0.360. The van der Waals surface area contributed by atoms with Crippen LogP contribution in [0.15, 0.2) is 0 Å². The highest BCUT2D eigenvalue weighted by Gasteiger charge is 2.48. The molecule has 3 heteroatoms. The van der Waals surface area contributed by atoms with E-state index in [9.17, 15) is 0 Å². The number of hydrogen-bond acceptors (Lipinski definition) is 3. The van der Waals surface area contributed by atoms with Gasteiger partial charge in [-0.1, -0.05) is 0 Å². The fraction of sp³-hybridized carbons (Fsp3) is 1.00. The Morgan fingerprint density at radius 1 is 1.40 bits per heavy atom. The largest absolute Gasteiger partial charge is 0.383 e. The van der Waals surface area contributed by atoms with Crippen molar-refractivity contribution in [3.63, 3.8) is 0 Å². The first-order valence-corrected chi connectivity index (χ1v) is 6.16. The summed E-state index contributed by atoms with van der Waals surface area (Å²) in [4.78, 5) is 2.64. The third-order valence-electron chi connectivity index (χ3n) is 3.97. The van der Waals surface area contributed by atoms with Crippen molar-refractivity contribution >= 4 is 0 Å². The second-order valence-corrected chi connectivity index (χ2v) is 4.81. The minimum absolute atomic E-state index is 0.360. The quantitative estimate of drug-likeness (QED) is 0.693. The summed E-state index contributed by atoms with van der Waals surface area (Å²) >= 11 is 0. The molecule has 2 fully saturated rings. The van der Waals surface area contributed by atoms with Crippen LogP contribution < -0.4 is 0 Å². The number of rotatable bonds is 5. The van der Waals surface area contributed by atoms with Gasteiger partial charge in [0.25, 0.3) is 0 Å². The van der Waals surface area contributed by atoms with Gasteiger partial charge in [0.1, 0.15) is 0 Å². The molecular weight excluding hydrogens is 190 g/mol. The fourth-order valence-corrected chi connectivity index (χ4v) is 3.27. The van der Waals surface area contributed by atoms with Crippen LogP contribution in [0.2, 0.25) is 0 Å². The number of hydrogen-bond donors (Lipinski definition) is 0. The Balaban J connectivity index is 1.98. The van der Waals surface area contributed by atoms with Crippen molar-refractivity contribution in [1.82, 2.24) is 4.90 Å². The van der Waals surface area contributed by atoms with E-state index in [1.807, 2.05) is 0 Å². The van der Waals surface area contributed by atoms with Crippen molar-refractivity contribution in [2.75, 3.05) is 33.5 Å². The Kier molecular flexibility index (Phi) is 3.65. The van der Waals surface area contributed by atoms with E-state index in [4.69, 9.17) is 9.47 Å². The average Bonchev–Trinajstić information content (AvgIpc) is 2.77. The van der Waals surface area contributed by atoms with Crippen molar-refractivity contribution in [3.8, 4) is 0 Å². The van der Waals surface area contributed by atoms with Gasteiger partial charge in [-0.05, 0) is 39.2 Å². The molecule has 2 saturated heterocycles. The molecule has 0 N–H and O–H groups in total. The third-order valence-corrected chi connectivity index (χ3v) is 3.97. The van der Waals surface area contributed by atoms with Gasteiger partial charge in [0.15, 0.2) is 0 Å². The first-order chi connectivity index (χ1) is 7.32. The maximum atomic E-state index is 5.67. The highest BCUT2D eigenvalue weighted by molar-refractivity contribution is 5.04. The maximum absolute atomic E-state index is 5.67. The summed E-state index contributed by atoms with van der Waals surface area (Å²) in [5.74, 6) is 0. The summed E-state index contributed by atoms with van der Waals surface area (Å²) in [7, 11) is 1.80. The predicted molar refractivity (Wildman–Crippen MR) is 60.1 cm³/mol. The Hall–Kier alpha value is -0.120. The zero-order valence-electron chi connectivity index (χ0n) is 10.00. The van der Waals surface area contributed by atoms with Crippen LogP contribution in [0.3, 0.4) is 0 Å². The second-order valence-electron chi connectivity index (χ2n) is 4.81. The molecule has 2 aliphatic rings. The number of fused-ring (bicyclic) bond motifs is 1. The molecule has 0 aliphatic carbocycles. The Morgan fingerprint density at radius 2 is 2.27 bits per heavy atom. The molecular formula is C12H23NO2. The maximum Gasteiger partial charge on any atom is 0.0650 e. The molecule has 2 aliphatic heterocycles. The first-order valence-electron chi connectivity index (χ1n) is 6.16. The molecule has 2 unspecified atom stereocenters. The average molecular weight is 213 g/mol. The van der Waals surface area contributed by atoms with Gasteiger partial charge in [-0.2, -0.15) is 0 Å². The summed E-state index contributed by atoms with van der Waals surface area (Å²) < 4.78 is 11.0. The third kappa shape index (κ3) is 2.05. The monoisotopic (exact) mass is 213 g/mol. The van der Waals surface area contributed by atoms with Crippen LogP contribution in [0, 0.1) is 0 Å². The van der Waals surface area contributed by atoms with Crippen molar-refractivity contribution < 1.29 is 9.47 Å². The fourth-order valence-electron chi connectivity index (χ4n) is 3.27. The van der Waals surface area contributed by atoms with Gasteiger partial charge >= 0.3 is 0 Å². The summed E-state index contributed by atoms with van der Waals surface area (Å²) in [6.45, 7) is 5.96. The lowest BCUT2D eigenvalue weighted by Gasteiger charge is -2.34. The molecule has 0 aromatic carbocycles. The summed E-state index contributed by atoms with van der Waals surface area (Å²) in [5, 5.41) is 0. The molecule has 0 spiro atoms. The second kappa shape index (κ2) is 4.81. The molecule has 88 valence electrons. The number of methoxy groups -OCH3 is 1. The van der Waals surface area contributed by atoms with Crippen LogP contribution >= 0.6 is 0 Å². The van der Waals surface area contributed by atoms with Crippen LogP contribution in [-0.2, 0) is 9.47 Å². The lowest BCUT2D eigenvalue weighted by Crippen LogP contribution is -2.46. The molecule has 15 heavy (non-hydrogen) atoms. The lowest BCUT2D eigenvalue weighted by molar-refractivity contribution is 0.0153. The van der Waals surface area contributed by atoms with Crippen molar-refractivity contribution in [2.24, 2.45) is 0 Å². The van der Waals surface area contributed by atoms with E-state index in [2.05, 4.69) is 11.8 Å². The molecule has 0 aromatic rings. The van der Waals surface area contributed by atoms with Gasteiger partial charge in [0.05, 0.1) is 13.2 Å². The Bertz CT molecular complexity index is 210. The molecule has 0 bridgehead atoms. The van der Waals surface area contributed by atoms with Gasteiger partial charge in [0.2, 0.25) is 0 Å². The normalized spacial score (nSPS) is 36.0. The number of nitrogens with zero attached hydrogens (tertiary/aromatic N) is 1. The van der Waals surface area contributed by atoms with Crippen LogP contribution in [0.4, 0.5) is 0 Å². The highest BCUT2D eigenvalue weighted by Crippen LogP contribution is 2.42. The van der Waals surface area contributed by atoms with E-state index in [1.165, 1.54) is 32.2 Å². The van der Waals surface area contributed by atoms with Crippen molar-refractivity contribution in [2.45, 2.75) is 44.2 Å². The van der Waals surface area contributed by atoms with E-state index >= 15 is 0 Å². The Labute approximate surface area is 92.7 Å². The molecule has 3 nitrogen and oxygen atoms in total. The van der Waals surface area contributed by atoms with Crippen LogP contribution in [0.25, 0.3) is 0 Å². The molecule has 0 aromatic heterocycles. The first kappa shape index (κ1) is 11.4. The van der Waals surface area contributed by atoms with Crippen molar-refractivity contribution in [3.05, 3.63) is 0 Å². The molecule has 0 saturated carbocycles. The highest BCUT2D eigenvalue weighted by atomic mass is 16.5. The minimum Gasteiger partial charge on any atom is -0.383 e. The summed E-state index contributed by atoms with van der Waals surface area (Å²) in [6.07, 6.45) is 5.21. The molecule has 2 rings (SSSR count). The Morgan fingerprint density at radius 3 is 3.00 bits per heavy atom. The van der Waals surface area contributed by atoms with Crippen molar-refractivity contribution in [1.29, 1.82) is 0 Å². The van der Waals surface area contributed by atoms with E-state index in [-0.39, 0.29) is 0 Å². The zero-order chi connectivity index (χ0) is 10.7. The smallest absolute Gasteiger partial charge is 0.0650 e.